The Hall–Kier alpha value is -1.97. The van der Waals surface area contributed by atoms with Crippen molar-refractivity contribution in [2.24, 2.45) is 5.92 Å². The standard InChI is InChI=1S/C15H18N4/c1-5-16-6-2-13(1)11-14-3-9-19(10-4-14)15-12-17-7-8-18-15/h1-2,5-8,12,14H,3-4,9-11H2. The molecule has 1 fully saturated rings. The zero-order valence-electron chi connectivity index (χ0n) is 10.9. The van der Waals surface area contributed by atoms with Crippen LogP contribution >= 0.6 is 0 Å². The number of hydrogen-bond donors (Lipinski definition) is 0. The molecule has 0 aliphatic carbocycles. The third kappa shape index (κ3) is 3.08. The van der Waals surface area contributed by atoms with Gasteiger partial charge in [-0.2, -0.15) is 0 Å². The lowest BCUT2D eigenvalue weighted by molar-refractivity contribution is 0.402. The first-order chi connectivity index (χ1) is 9.42. The molecule has 0 atom stereocenters. The first-order valence-electron chi connectivity index (χ1n) is 6.81. The molecule has 0 bridgehead atoms. The number of pyridine rings is 1. The Balaban J connectivity index is 1.55. The first kappa shape index (κ1) is 12.1. The number of piperidine rings is 1. The largest absolute Gasteiger partial charge is 0.355 e. The first-order valence-corrected chi connectivity index (χ1v) is 6.81. The minimum Gasteiger partial charge on any atom is -0.355 e. The molecule has 4 nitrogen and oxygen atoms in total. The SMILES string of the molecule is c1cc(CC2CCN(c3cnccn3)CC2)ccn1. The van der Waals surface area contributed by atoms with Gasteiger partial charge in [-0.05, 0) is 42.9 Å². The molecular weight excluding hydrogens is 236 g/mol. The molecule has 2 aromatic heterocycles. The summed E-state index contributed by atoms with van der Waals surface area (Å²) in [4.78, 5) is 14.9. The molecule has 0 saturated carbocycles. The van der Waals surface area contributed by atoms with E-state index in [-0.39, 0.29) is 0 Å². The minimum absolute atomic E-state index is 0.773. The molecule has 19 heavy (non-hydrogen) atoms. The van der Waals surface area contributed by atoms with Gasteiger partial charge in [0.05, 0.1) is 6.20 Å². The third-order valence-corrected chi connectivity index (χ3v) is 3.76. The van der Waals surface area contributed by atoms with E-state index in [0.29, 0.717) is 0 Å². The van der Waals surface area contributed by atoms with Crippen LogP contribution in [0.1, 0.15) is 18.4 Å². The van der Waals surface area contributed by atoms with E-state index in [1.165, 1.54) is 18.4 Å². The van der Waals surface area contributed by atoms with E-state index in [1.54, 1.807) is 12.4 Å². The van der Waals surface area contributed by atoms with Gasteiger partial charge in [-0.25, -0.2) is 4.98 Å². The number of hydrogen-bond acceptors (Lipinski definition) is 4. The summed E-state index contributed by atoms with van der Waals surface area (Å²) in [5, 5.41) is 0. The summed E-state index contributed by atoms with van der Waals surface area (Å²) in [5.41, 5.74) is 1.40. The molecule has 0 spiro atoms. The second-order valence-corrected chi connectivity index (χ2v) is 5.05. The van der Waals surface area contributed by atoms with Gasteiger partial charge in [0.2, 0.25) is 0 Å². The number of nitrogens with zero attached hydrogens (tertiary/aromatic N) is 4. The van der Waals surface area contributed by atoms with E-state index < -0.39 is 0 Å². The topological polar surface area (TPSA) is 41.9 Å². The van der Waals surface area contributed by atoms with Gasteiger partial charge in [0, 0.05) is 37.9 Å². The highest BCUT2D eigenvalue weighted by Gasteiger charge is 2.20. The van der Waals surface area contributed by atoms with Crippen LogP contribution in [0.2, 0.25) is 0 Å². The Morgan fingerprint density at radius 3 is 2.47 bits per heavy atom. The van der Waals surface area contributed by atoms with Crippen LogP contribution < -0.4 is 4.90 Å². The summed E-state index contributed by atoms with van der Waals surface area (Å²) in [6.45, 7) is 2.16. The van der Waals surface area contributed by atoms with Crippen molar-refractivity contribution in [2.45, 2.75) is 19.3 Å². The highest BCUT2D eigenvalue weighted by atomic mass is 15.2. The molecule has 0 aromatic carbocycles. The van der Waals surface area contributed by atoms with Crippen molar-refractivity contribution in [3.63, 3.8) is 0 Å². The van der Waals surface area contributed by atoms with Gasteiger partial charge < -0.3 is 4.90 Å². The molecule has 3 rings (SSSR count). The maximum atomic E-state index is 4.37. The van der Waals surface area contributed by atoms with E-state index in [1.807, 2.05) is 18.6 Å². The quantitative estimate of drug-likeness (QED) is 0.843. The summed E-state index contributed by atoms with van der Waals surface area (Å²) >= 11 is 0. The maximum Gasteiger partial charge on any atom is 0.147 e. The normalized spacial score (nSPS) is 16.5. The Labute approximate surface area is 113 Å². The van der Waals surface area contributed by atoms with Crippen molar-refractivity contribution in [3.8, 4) is 0 Å². The molecule has 0 unspecified atom stereocenters. The Morgan fingerprint density at radius 1 is 1.00 bits per heavy atom. The van der Waals surface area contributed by atoms with Crippen molar-refractivity contribution < 1.29 is 0 Å². The predicted octanol–water partition coefficient (Wildman–Crippen LogP) is 2.33. The molecule has 2 aromatic rings. The molecule has 1 aliphatic heterocycles. The fourth-order valence-corrected chi connectivity index (χ4v) is 2.67. The monoisotopic (exact) mass is 254 g/mol. The number of rotatable bonds is 3. The second-order valence-electron chi connectivity index (χ2n) is 5.05. The van der Waals surface area contributed by atoms with Crippen LogP contribution in [0.25, 0.3) is 0 Å². The van der Waals surface area contributed by atoms with Gasteiger partial charge in [-0.1, -0.05) is 0 Å². The molecule has 0 N–H and O–H groups in total. The number of aromatic nitrogens is 3. The van der Waals surface area contributed by atoms with Crippen LogP contribution in [0.15, 0.2) is 43.1 Å². The highest BCUT2D eigenvalue weighted by Crippen LogP contribution is 2.23. The van der Waals surface area contributed by atoms with Gasteiger partial charge in [0.25, 0.3) is 0 Å². The fourth-order valence-electron chi connectivity index (χ4n) is 2.67. The van der Waals surface area contributed by atoms with Crippen LogP contribution in [-0.2, 0) is 6.42 Å². The van der Waals surface area contributed by atoms with Crippen LogP contribution in [0.3, 0.4) is 0 Å². The number of anilines is 1. The predicted molar refractivity (Wildman–Crippen MR) is 74.9 cm³/mol. The molecular formula is C15H18N4. The Kier molecular flexibility index (Phi) is 3.68. The zero-order chi connectivity index (χ0) is 12.9. The average Bonchev–Trinajstić information content (AvgIpc) is 2.50. The molecule has 98 valence electrons. The van der Waals surface area contributed by atoms with E-state index in [0.717, 1.165) is 31.2 Å². The van der Waals surface area contributed by atoms with Crippen LogP contribution in [0.4, 0.5) is 5.82 Å². The molecule has 0 radical (unpaired) electrons. The minimum atomic E-state index is 0.773. The van der Waals surface area contributed by atoms with E-state index in [9.17, 15) is 0 Å². The maximum absolute atomic E-state index is 4.37. The van der Waals surface area contributed by atoms with Crippen LogP contribution in [-0.4, -0.2) is 28.0 Å². The van der Waals surface area contributed by atoms with Crippen LogP contribution in [0, 0.1) is 5.92 Å². The van der Waals surface area contributed by atoms with Gasteiger partial charge in [0.1, 0.15) is 5.82 Å². The average molecular weight is 254 g/mol. The lowest BCUT2D eigenvalue weighted by atomic mass is 9.90. The van der Waals surface area contributed by atoms with Crippen molar-refractivity contribution in [1.29, 1.82) is 0 Å². The molecule has 1 saturated heterocycles. The van der Waals surface area contributed by atoms with Crippen LogP contribution in [0.5, 0.6) is 0 Å². The summed E-state index contributed by atoms with van der Waals surface area (Å²) in [6, 6.07) is 4.24. The second kappa shape index (κ2) is 5.78. The Morgan fingerprint density at radius 2 is 1.79 bits per heavy atom. The van der Waals surface area contributed by atoms with Crippen molar-refractivity contribution in [2.75, 3.05) is 18.0 Å². The summed E-state index contributed by atoms with van der Waals surface area (Å²) in [6.07, 6.45) is 12.7. The lowest BCUT2D eigenvalue weighted by Gasteiger charge is -2.32. The van der Waals surface area contributed by atoms with Gasteiger partial charge in [-0.3, -0.25) is 9.97 Å². The Bertz CT molecular complexity index is 492. The van der Waals surface area contributed by atoms with E-state index >= 15 is 0 Å². The van der Waals surface area contributed by atoms with Crippen molar-refractivity contribution >= 4 is 5.82 Å². The van der Waals surface area contributed by atoms with E-state index in [4.69, 9.17) is 0 Å². The summed E-state index contributed by atoms with van der Waals surface area (Å²) in [5.74, 6) is 1.78. The molecule has 4 heteroatoms. The summed E-state index contributed by atoms with van der Waals surface area (Å²) in [7, 11) is 0. The summed E-state index contributed by atoms with van der Waals surface area (Å²) < 4.78 is 0. The van der Waals surface area contributed by atoms with Gasteiger partial charge >= 0.3 is 0 Å². The third-order valence-electron chi connectivity index (χ3n) is 3.76. The molecule has 3 heterocycles. The van der Waals surface area contributed by atoms with Gasteiger partial charge in [0.15, 0.2) is 0 Å². The highest BCUT2D eigenvalue weighted by molar-refractivity contribution is 5.35. The smallest absolute Gasteiger partial charge is 0.147 e. The molecule has 0 amide bonds. The van der Waals surface area contributed by atoms with Gasteiger partial charge in [-0.15, -0.1) is 0 Å². The zero-order valence-corrected chi connectivity index (χ0v) is 10.9. The molecule has 1 aliphatic rings. The van der Waals surface area contributed by atoms with Crippen molar-refractivity contribution in [1.82, 2.24) is 15.0 Å². The lowest BCUT2D eigenvalue weighted by Crippen LogP contribution is -2.34. The van der Waals surface area contributed by atoms with E-state index in [2.05, 4.69) is 32.0 Å². The fraction of sp³-hybridized carbons (Fsp3) is 0.400. The van der Waals surface area contributed by atoms with Crippen molar-refractivity contribution in [3.05, 3.63) is 48.7 Å².